The Kier molecular flexibility index (Phi) is 11.0. The maximum absolute atomic E-state index is 5.19. The van der Waals surface area contributed by atoms with Crippen LogP contribution in [0.4, 0.5) is 0 Å². The average Bonchev–Trinajstić information content (AvgIpc) is 2.16. The lowest BCUT2D eigenvalue weighted by molar-refractivity contribution is 0.244. The molecule has 0 spiro atoms. The van der Waals surface area contributed by atoms with Gasteiger partial charge in [0.1, 0.15) is 6.10 Å². The van der Waals surface area contributed by atoms with Crippen LogP contribution >= 0.6 is 26.9 Å². The molecule has 13 heavy (non-hydrogen) atoms. The highest BCUT2D eigenvalue weighted by molar-refractivity contribution is 8.00. The minimum atomic E-state index is -0.0532. The zero-order valence-electron chi connectivity index (χ0n) is 7.62. The second-order valence-corrected chi connectivity index (χ2v) is 3.67. The minimum Gasteiger partial charge on any atom is -0.358 e. The van der Waals surface area contributed by atoms with Crippen molar-refractivity contribution < 1.29 is 9.05 Å². The molecule has 0 saturated carbocycles. The summed E-state index contributed by atoms with van der Waals surface area (Å²) >= 11 is 0. The number of hydrogen-bond acceptors (Lipinski definition) is 2. The fourth-order valence-corrected chi connectivity index (χ4v) is 1.42. The third-order valence-electron chi connectivity index (χ3n) is 1.22. The van der Waals surface area contributed by atoms with Crippen LogP contribution in [-0.2, 0) is 9.05 Å². The predicted octanol–water partition coefficient (Wildman–Crippen LogP) is 2.53. The summed E-state index contributed by atoms with van der Waals surface area (Å²) in [4.78, 5) is 0. The maximum atomic E-state index is 5.19. The van der Waals surface area contributed by atoms with Gasteiger partial charge in [0.05, 0.1) is 6.61 Å². The molecule has 0 aromatic rings. The fraction of sp³-hybridized carbons (Fsp3) is 0.500. The maximum Gasteiger partial charge on any atom is 0.124 e. The first kappa shape index (κ1) is 13.5. The van der Waals surface area contributed by atoms with Crippen molar-refractivity contribution in [2.45, 2.75) is 19.4 Å². The minimum absolute atomic E-state index is 0.0532. The van der Waals surface area contributed by atoms with Gasteiger partial charge in [-0.05, 0) is 13.0 Å². The molecule has 2 nitrogen and oxygen atoms in total. The molecular weight excluding hydrogens is 221 g/mol. The first-order valence-electron chi connectivity index (χ1n) is 3.90. The predicted molar refractivity (Wildman–Crippen MR) is 65.8 cm³/mol. The van der Waals surface area contributed by atoms with E-state index < -0.39 is 0 Å². The van der Waals surface area contributed by atoms with Crippen LogP contribution in [0.3, 0.4) is 0 Å². The Morgan fingerprint density at radius 2 is 2.38 bits per heavy atom. The first-order valence-corrected chi connectivity index (χ1v) is 7.09. The van der Waals surface area contributed by atoms with E-state index in [1.54, 1.807) is 6.08 Å². The molecule has 0 rings (SSSR count). The standard InChI is InChI=1S/C8H15O2P3/c1-2-3-4-5-8(10-11)6-7-9-13-12/h2-3,8,13H,6-7,11-12H2,1H3/b3-2-. The Balaban J connectivity index is 3.70. The van der Waals surface area contributed by atoms with Crippen LogP contribution in [0.1, 0.15) is 13.3 Å². The molecule has 0 bridgehead atoms. The summed E-state index contributed by atoms with van der Waals surface area (Å²) < 4.78 is 10.3. The van der Waals surface area contributed by atoms with Crippen LogP contribution < -0.4 is 0 Å². The van der Waals surface area contributed by atoms with E-state index in [1.165, 1.54) is 0 Å². The van der Waals surface area contributed by atoms with Gasteiger partial charge in [-0.25, -0.2) is 0 Å². The molecule has 5 heteroatoms. The average molecular weight is 236 g/mol. The molecule has 4 atom stereocenters. The molecule has 0 heterocycles. The van der Waals surface area contributed by atoms with E-state index in [1.807, 2.05) is 13.0 Å². The summed E-state index contributed by atoms with van der Waals surface area (Å²) in [6.45, 7) is 2.62. The van der Waals surface area contributed by atoms with Gasteiger partial charge < -0.3 is 9.05 Å². The SMILES string of the molecule is C/C=C\C#CC(CCOPP)OP. The summed E-state index contributed by atoms with van der Waals surface area (Å²) in [6, 6.07) is 0. The second-order valence-electron chi connectivity index (χ2n) is 2.17. The van der Waals surface area contributed by atoms with Crippen LogP contribution in [0.5, 0.6) is 0 Å². The third kappa shape index (κ3) is 8.83. The van der Waals surface area contributed by atoms with Crippen LogP contribution in [0.25, 0.3) is 0 Å². The molecular formula is C8H15O2P3. The van der Waals surface area contributed by atoms with Crippen LogP contribution in [0.2, 0.25) is 0 Å². The molecule has 0 aromatic carbocycles. The van der Waals surface area contributed by atoms with Gasteiger partial charge in [-0.3, -0.25) is 0 Å². The Hall–Kier alpha value is 0.510. The smallest absolute Gasteiger partial charge is 0.124 e. The molecule has 0 amide bonds. The van der Waals surface area contributed by atoms with Crippen molar-refractivity contribution in [3.05, 3.63) is 12.2 Å². The second kappa shape index (κ2) is 10.6. The van der Waals surface area contributed by atoms with Crippen LogP contribution in [0.15, 0.2) is 12.2 Å². The highest BCUT2D eigenvalue weighted by atomic mass is 32.0. The third-order valence-corrected chi connectivity index (χ3v) is 2.42. The Morgan fingerprint density at radius 3 is 2.92 bits per heavy atom. The van der Waals surface area contributed by atoms with Gasteiger partial charge in [-0.2, -0.15) is 0 Å². The number of rotatable bonds is 5. The molecule has 0 radical (unpaired) electrons. The lowest BCUT2D eigenvalue weighted by Gasteiger charge is -2.06. The van der Waals surface area contributed by atoms with E-state index in [0.29, 0.717) is 15.1 Å². The lowest BCUT2D eigenvalue weighted by atomic mass is 10.3. The van der Waals surface area contributed by atoms with Gasteiger partial charge >= 0.3 is 0 Å². The van der Waals surface area contributed by atoms with Gasteiger partial charge in [0.25, 0.3) is 0 Å². The van der Waals surface area contributed by atoms with Gasteiger partial charge in [-0.15, -0.1) is 0 Å². The topological polar surface area (TPSA) is 18.5 Å². The highest BCUT2D eigenvalue weighted by Crippen LogP contribution is 2.21. The van der Waals surface area contributed by atoms with Crippen molar-refractivity contribution in [3.8, 4) is 11.8 Å². The van der Waals surface area contributed by atoms with Crippen molar-refractivity contribution in [1.29, 1.82) is 0 Å². The summed E-state index contributed by atoms with van der Waals surface area (Å²) in [5, 5.41) is 0. The zero-order valence-corrected chi connectivity index (χ0v) is 10.9. The molecule has 0 aliphatic carbocycles. The van der Waals surface area contributed by atoms with Crippen LogP contribution in [-0.4, -0.2) is 12.7 Å². The van der Waals surface area contributed by atoms with Crippen molar-refractivity contribution in [2.24, 2.45) is 0 Å². The molecule has 0 aliphatic rings. The number of allylic oxidation sites excluding steroid dienone is 2. The molecule has 0 saturated heterocycles. The number of hydrogen-bond donors (Lipinski definition) is 0. The Morgan fingerprint density at radius 1 is 1.62 bits per heavy atom. The fourth-order valence-electron chi connectivity index (χ4n) is 0.624. The van der Waals surface area contributed by atoms with E-state index in [0.717, 1.165) is 6.42 Å². The van der Waals surface area contributed by atoms with E-state index in [-0.39, 0.29) is 6.10 Å². The van der Waals surface area contributed by atoms with E-state index >= 15 is 0 Å². The quantitative estimate of drug-likeness (QED) is 0.415. The molecule has 0 N–H and O–H groups in total. The van der Waals surface area contributed by atoms with Crippen molar-refractivity contribution in [2.75, 3.05) is 6.61 Å². The normalized spacial score (nSPS) is 13.5. The first-order chi connectivity index (χ1) is 6.35. The van der Waals surface area contributed by atoms with Crippen molar-refractivity contribution >= 4 is 26.9 Å². The van der Waals surface area contributed by atoms with Gasteiger partial charge in [0.15, 0.2) is 0 Å². The summed E-state index contributed by atoms with van der Waals surface area (Å²) in [5.41, 5.74) is 0. The van der Waals surface area contributed by atoms with Crippen molar-refractivity contribution in [3.63, 3.8) is 0 Å². The summed E-state index contributed by atoms with van der Waals surface area (Å²) in [5.74, 6) is 5.85. The molecule has 4 unspecified atom stereocenters. The molecule has 0 aromatic heterocycles. The zero-order chi connectivity index (χ0) is 9.94. The van der Waals surface area contributed by atoms with Crippen LogP contribution in [0, 0.1) is 11.8 Å². The highest BCUT2D eigenvalue weighted by Gasteiger charge is 2.01. The lowest BCUT2D eigenvalue weighted by Crippen LogP contribution is -2.06. The van der Waals surface area contributed by atoms with E-state index in [2.05, 4.69) is 30.2 Å². The molecule has 0 fully saturated rings. The molecule has 74 valence electrons. The van der Waals surface area contributed by atoms with Gasteiger partial charge in [0, 0.05) is 24.4 Å². The van der Waals surface area contributed by atoms with Gasteiger partial charge in [-0.1, -0.05) is 26.8 Å². The van der Waals surface area contributed by atoms with Gasteiger partial charge in [0.2, 0.25) is 0 Å². The largest absolute Gasteiger partial charge is 0.358 e. The van der Waals surface area contributed by atoms with E-state index in [4.69, 9.17) is 9.05 Å². The monoisotopic (exact) mass is 236 g/mol. The van der Waals surface area contributed by atoms with Crippen molar-refractivity contribution in [1.82, 2.24) is 0 Å². The summed E-state index contributed by atoms with van der Waals surface area (Å²) in [7, 11) is 5.22. The Labute approximate surface area is 86.5 Å². The van der Waals surface area contributed by atoms with E-state index in [9.17, 15) is 0 Å². The summed E-state index contributed by atoms with van der Waals surface area (Å²) in [6.07, 6.45) is 4.44. The molecule has 0 aliphatic heterocycles. The Bertz CT molecular complexity index is 195.